The highest BCUT2D eigenvalue weighted by atomic mass is 32.1. The number of aromatic nitrogens is 3. The highest BCUT2D eigenvalue weighted by Crippen LogP contribution is 2.31. The lowest BCUT2D eigenvalue weighted by Crippen LogP contribution is -2.12. The number of para-hydroxylation sites is 1. The Morgan fingerprint density at radius 2 is 1.72 bits per heavy atom. The van der Waals surface area contributed by atoms with Crippen molar-refractivity contribution < 1.29 is 4.74 Å². The zero-order chi connectivity index (χ0) is 17.2. The van der Waals surface area contributed by atoms with Gasteiger partial charge in [0, 0.05) is 31.9 Å². The van der Waals surface area contributed by atoms with E-state index in [1.165, 1.54) is 4.70 Å². The Kier molecular flexibility index (Phi) is 4.03. The molecule has 6 heteroatoms. The van der Waals surface area contributed by atoms with Crippen LogP contribution < -0.4 is 9.64 Å². The van der Waals surface area contributed by atoms with Gasteiger partial charge in [-0.25, -0.2) is 9.97 Å². The third-order valence-corrected chi connectivity index (χ3v) is 4.72. The van der Waals surface area contributed by atoms with E-state index in [4.69, 9.17) is 4.74 Å². The van der Waals surface area contributed by atoms with E-state index < -0.39 is 0 Å². The molecule has 2 aromatic heterocycles. The molecule has 124 valence electrons. The third-order valence-electron chi connectivity index (χ3n) is 3.63. The number of benzene rings is 2. The molecule has 0 saturated heterocycles. The number of fused-ring (bicyclic) bond motifs is 1. The van der Waals surface area contributed by atoms with E-state index >= 15 is 0 Å². The summed E-state index contributed by atoms with van der Waals surface area (Å²) < 4.78 is 7.01. The Hall–Kier alpha value is -2.99. The van der Waals surface area contributed by atoms with Gasteiger partial charge >= 0.3 is 0 Å². The van der Waals surface area contributed by atoms with E-state index in [0.717, 1.165) is 21.8 Å². The molecule has 4 rings (SSSR count). The summed E-state index contributed by atoms with van der Waals surface area (Å²) in [4.78, 5) is 15.1. The topological polar surface area (TPSA) is 51.1 Å². The van der Waals surface area contributed by atoms with Crippen LogP contribution >= 0.6 is 11.3 Å². The molecule has 2 aromatic carbocycles. The van der Waals surface area contributed by atoms with Crippen LogP contribution in [0.25, 0.3) is 20.8 Å². The summed E-state index contributed by atoms with van der Waals surface area (Å²) in [5.74, 6) is 1.86. The molecular formula is C19H16N4OS. The fourth-order valence-electron chi connectivity index (χ4n) is 2.39. The van der Waals surface area contributed by atoms with Crippen LogP contribution in [0.5, 0.6) is 11.6 Å². The molecule has 25 heavy (non-hydrogen) atoms. The van der Waals surface area contributed by atoms with Gasteiger partial charge in [0.2, 0.25) is 11.8 Å². The highest BCUT2D eigenvalue weighted by Gasteiger charge is 2.07. The van der Waals surface area contributed by atoms with E-state index in [0.29, 0.717) is 11.8 Å². The lowest BCUT2D eigenvalue weighted by Gasteiger charge is -2.11. The van der Waals surface area contributed by atoms with E-state index in [-0.39, 0.29) is 0 Å². The molecule has 0 N–H and O–H groups in total. The molecule has 0 aliphatic carbocycles. The number of rotatable bonds is 4. The van der Waals surface area contributed by atoms with Crippen molar-refractivity contribution >= 4 is 27.5 Å². The largest absolute Gasteiger partial charge is 0.439 e. The first-order valence-corrected chi connectivity index (χ1v) is 8.65. The average molecular weight is 348 g/mol. The normalized spacial score (nSPS) is 10.8. The van der Waals surface area contributed by atoms with Crippen molar-refractivity contribution in [2.45, 2.75) is 0 Å². The van der Waals surface area contributed by atoms with Crippen LogP contribution in [0.3, 0.4) is 0 Å². The number of hydrogen-bond donors (Lipinski definition) is 0. The number of hydrogen-bond acceptors (Lipinski definition) is 6. The molecule has 2 heterocycles. The smallest absolute Gasteiger partial charge is 0.228 e. The van der Waals surface area contributed by atoms with Crippen molar-refractivity contribution in [2.75, 3.05) is 19.0 Å². The molecule has 0 amide bonds. The van der Waals surface area contributed by atoms with Gasteiger partial charge in [-0.15, -0.1) is 11.3 Å². The Labute approximate surface area is 149 Å². The number of ether oxygens (including phenoxy) is 1. The van der Waals surface area contributed by atoms with Crippen molar-refractivity contribution in [3.8, 4) is 22.2 Å². The maximum Gasteiger partial charge on any atom is 0.228 e. The fourth-order valence-corrected chi connectivity index (χ4v) is 3.36. The lowest BCUT2D eigenvalue weighted by atomic mass is 10.2. The minimum Gasteiger partial charge on any atom is -0.439 e. The molecule has 0 spiro atoms. The second kappa shape index (κ2) is 6.49. The van der Waals surface area contributed by atoms with Gasteiger partial charge in [-0.1, -0.05) is 12.1 Å². The second-order valence-corrected chi connectivity index (χ2v) is 6.73. The van der Waals surface area contributed by atoms with Crippen LogP contribution in [-0.2, 0) is 0 Å². The number of thiazole rings is 1. The van der Waals surface area contributed by atoms with Gasteiger partial charge in [-0.3, -0.25) is 0 Å². The summed E-state index contributed by atoms with van der Waals surface area (Å²) in [6, 6.07) is 17.8. The Morgan fingerprint density at radius 1 is 0.920 bits per heavy atom. The minimum absolute atomic E-state index is 0.520. The summed E-state index contributed by atoms with van der Waals surface area (Å²) in [5, 5.41) is 1.00. The monoisotopic (exact) mass is 348 g/mol. The van der Waals surface area contributed by atoms with E-state index in [1.807, 2.05) is 61.5 Å². The maximum atomic E-state index is 5.82. The Morgan fingerprint density at radius 3 is 2.48 bits per heavy atom. The van der Waals surface area contributed by atoms with E-state index in [9.17, 15) is 0 Å². The van der Waals surface area contributed by atoms with Crippen molar-refractivity contribution in [1.29, 1.82) is 0 Å². The van der Waals surface area contributed by atoms with Crippen molar-refractivity contribution in [3.63, 3.8) is 0 Å². The zero-order valence-corrected chi connectivity index (χ0v) is 14.7. The predicted molar refractivity (Wildman–Crippen MR) is 101 cm³/mol. The van der Waals surface area contributed by atoms with Crippen LogP contribution in [0, 0.1) is 0 Å². The molecule has 0 radical (unpaired) electrons. The maximum absolute atomic E-state index is 5.82. The standard InChI is InChI=1S/C19H16N4OS/c1-23(2)19-20-12-11-17(22-19)24-14-9-7-13(8-10-14)18-21-15-5-3-4-6-16(15)25-18/h3-12H,1-2H3. The molecule has 0 fully saturated rings. The third kappa shape index (κ3) is 3.29. The molecule has 0 aliphatic rings. The van der Waals surface area contributed by atoms with Crippen LogP contribution in [0.4, 0.5) is 5.95 Å². The molecule has 4 aromatic rings. The predicted octanol–water partition coefficient (Wildman–Crippen LogP) is 4.61. The minimum atomic E-state index is 0.520. The summed E-state index contributed by atoms with van der Waals surface area (Å²) in [5.41, 5.74) is 2.10. The summed E-state index contributed by atoms with van der Waals surface area (Å²) in [7, 11) is 3.79. The lowest BCUT2D eigenvalue weighted by molar-refractivity contribution is 0.462. The summed E-state index contributed by atoms with van der Waals surface area (Å²) in [6.45, 7) is 0. The molecule has 0 aliphatic heterocycles. The van der Waals surface area contributed by atoms with Gasteiger partial charge < -0.3 is 9.64 Å². The Bertz CT molecular complexity index is 978. The summed E-state index contributed by atoms with van der Waals surface area (Å²) in [6.07, 6.45) is 1.69. The molecule has 5 nitrogen and oxygen atoms in total. The molecule has 0 bridgehead atoms. The quantitative estimate of drug-likeness (QED) is 0.539. The Balaban J connectivity index is 1.56. The van der Waals surface area contributed by atoms with Crippen LogP contribution in [-0.4, -0.2) is 29.0 Å². The average Bonchev–Trinajstić information content (AvgIpc) is 3.07. The first-order valence-electron chi connectivity index (χ1n) is 7.83. The first kappa shape index (κ1) is 15.5. The van der Waals surface area contributed by atoms with Gasteiger partial charge in [0.05, 0.1) is 10.2 Å². The number of nitrogens with zero attached hydrogens (tertiary/aromatic N) is 4. The van der Waals surface area contributed by atoms with Gasteiger partial charge in [0.1, 0.15) is 10.8 Å². The van der Waals surface area contributed by atoms with Gasteiger partial charge in [0.15, 0.2) is 0 Å². The number of anilines is 1. The van der Waals surface area contributed by atoms with Gasteiger partial charge in [-0.05, 0) is 36.4 Å². The van der Waals surface area contributed by atoms with Crippen molar-refractivity contribution in [2.24, 2.45) is 0 Å². The van der Waals surface area contributed by atoms with Gasteiger partial charge in [-0.2, -0.15) is 4.98 Å². The van der Waals surface area contributed by atoms with Gasteiger partial charge in [0.25, 0.3) is 0 Å². The SMILES string of the molecule is CN(C)c1nccc(Oc2ccc(-c3nc4ccccc4s3)cc2)n1. The van der Waals surface area contributed by atoms with E-state index in [1.54, 1.807) is 23.6 Å². The molecule has 0 atom stereocenters. The van der Waals surface area contributed by atoms with E-state index in [2.05, 4.69) is 21.0 Å². The summed E-state index contributed by atoms with van der Waals surface area (Å²) >= 11 is 1.69. The fraction of sp³-hybridized carbons (Fsp3) is 0.105. The molecular weight excluding hydrogens is 332 g/mol. The van der Waals surface area contributed by atoms with Crippen LogP contribution in [0.15, 0.2) is 60.8 Å². The molecule has 0 unspecified atom stereocenters. The highest BCUT2D eigenvalue weighted by molar-refractivity contribution is 7.21. The first-order chi connectivity index (χ1) is 12.2. The molecule has 0 saturated carbocycles. The van der Waals surface area contributed by atoms with Crippen molar-refractivity contribution in [1.82, 2.24) is 15.0 Å². The van der Waals surface area contributed by atoms with Crippen molar-refractivity contribution in [3.05, 3.63) is 60.8 Å². The van der Waals surface area contributed by atoms with Crippen LogP contribution in [0.1, 0.15) is 0 Å². The second-order valence-electron chi connectivity index (χ2n) is 5.70. The van der Waals surface area contributed by atoms with Crippen LogP contribution in [0.2, 0.25) is 0 Å². The zero-order valence-electron chi connectivity index (χ0n) is 13.9.